The van der Waals surface area contributed by atoms with E-state index in [2.05, 4.69) is 10.2 Å². The van der Waals surface area contributed by atoms with Crippen molar-refractivity contribution in [1.82, 2.24) is 4.90 Å². The van der Waals surface area contributed by atoms with Crippen LogP contribution in [0.15, 0.2) is 42.5 Å². The number of anilines is 2. The highest BCUT2D eigenvalue weighted by atomic mass is 32.1. The molecule has 8 heteroatoms. The molecule has 26 heavy (non-hydrogen) atoms. The summed E-state index contributed by atoms with van der Waals surface area (Å²) in [4.78, 5) is 15.2. The molecule has 3 rings (SSSR count). The minimum absolute atomic E-state index is 0.234. The standard InChI is InChI=1S/C18H18FN3O3S/c19-16-6-1-12(11-15(16)17(24)25)20-18(26)22-9-7-21(8-10-22)13-2-4-14(23)5-3-13/h1-6,11,23H,7-10H2,(H,20,26)(H,24,25). The minimum Gasteiger partial charge on any atom is -0.508 e. The highest BCUT2D eigenvalue weighted by Crippen LogP contribution is 2.20. The Balaban J connectivity index is 1.59. The Hall–Kier alpha value is -2.87. The molecule has 0 amide bonds. The van der Waals surface area contributed by atoms with Gasteiger partial charge in [0, 0.05) is 37.6 Å². The summed E-state index contributed by atoms with van der Waals surface area (Å²) in [7, 11) is 0. The number of aromatic hydroxyl groups is 1. The molecule has 3 N–H and O–H groups in total. The van der Waals surface area contributed by atoms with Gasteiger partial charge in [-0.15, -0.1) is 0 Å². The molecular formula is C18H18FN3O3S. The summed E-state index contributed by atoms with van der Waals surface area (Å²) in [6.45, 7) is 2.91. The van der Waals surface area contributed by atoms with Crippen LogP contribution in [0.1, 0.15) is 10.4 Å². The number of thiocarbonyl (C=S) groups is 1. The highest BCUT2D eigenvalue weighted by Gasteiger charge is 2.20. The molecule has 1 fully saturated rings. The van der Waals surface area contributed by atoms with Gasteiger partial charge >= 0.3 is 5.97 Å². The molecule has 0 radical (unpaired) electrons. The van der Waals surface area contributed by atoms with Crippen molar-refractivity contribution < 1.29 is 19.4 Å². The number of phenolic OH excluding ortho intramolecular Hbond substituents is 1. The van der Waals surface area contributed by atoms with Gasteiger partial charge in [-0.2, -0.15) is 0 Å². The Morgan fingerprint density at radius 3 is 2.35 bits per heavy atom. The molecule has 136 valence electrons. The van der Waals surface area contributed by atoms with E-state index in [1.165, 1.54) is 12.1 Å². The number of nitrogens with zero attached hydrogens (tertiary/aromatic N) is 2. The highest BCUT2D eigenvalue weighted by molar-refractivity contribution is 7.80. The molecule has 1 heterocycles. The fraction of sp³-hybridized carbons (Fsp3) is 0.222. The number of phenols is 1. The van der Waals surface area contributed by atoms with Gasteiger partial charge in [0.2, 0.25) is 0 Å². The van der Waals surface area contributed by atoms with Gasteiger partial charge in [0.05, 0.1) is 5.56 Å². The van der Waals surface area contributed by atoms with E-state index in [0.29, 0.717) is 23.9 Å². The average molecular weight is 375 g/mol. The Kier molecular flexibility index (Phi) is 5.22. The lowest BCUT2D eigenvalue weighted by molar-refractivity contribution is 0.0692. The second-order valence-corrected chi connectivity index (χ2v) is 6.31. The maximum absolute atomic E-state index is 13.5. The lowest BCUT2D eigenvalue weighted by Gasteiger charge is -2.37. The van der Waals surface area contributed by atoms with E-state index >= 15 is 0 Å². The number of carboxylic acid groups (broad SMARTS) is 1. The van der Waals surface area contributed by atoms with Crippen LogP contribution >= 0.6 is 12.2 Å². The van der Waals surface area contributed by atoms with Crippen molar-refractivity contribution >= 4 is 34.7 Å². The molecule has 1 saturated heterocycles. The molecular weight excluding hydrogens is 357 g/mol. The van der Waals surface area contributed by atoms with Gasteiger partial charge in [-0.05, 0) is 54.7 Å². The first-order valence-electron chi connectivity index (χ1n) is 8.07. The number of hydrogen-bond acceptors (Lipinski definition) is 4. The van der Waals surface area contributed by atoms with Crippen LogP contribution in [0.25, 0.3) is 0 Å². The molecule has 0 bridgehead atoms. The average Bonchev–Trinajstić information content (AvgIpc) is 2.64. The number of carboxylic acids is 1. The Labute approximate surface area is 155 Å². The van der Waals surface area contributed by atoms with E-state index in [0.717, 1.165) is 24.8 Å². The van der Waals surface area contributed by atoms with Crippen molar-refractivity contribution in [2.45, 2.75) is 0 Å². The summed E-state index contributed by atoms with van der Waals surface area (Å²) in [5, 5.41) is 21.8. The van der Waals surface area contributed by atoms with Gasteiger partial charge < -0.3 is 25.3 Å². The van der Waals surface area contributed by atoms with Crippen LogP contribution < -0.4 is 10.2 Å². The molecule has 0 spiro atoms. The molecule has 6 nitrogen and oxygen atoms in total. The van der Waals surface area contributed by atoms with Crippen LogP contribution in [0.3, 0.4) is 0 Å². The minimum atomic E-state index is -1.32. The van der Waals surface area contributed by atoms with Gasteiger partial charge in [-0.25, -0.2) is 9.18 Å². The fourth-order valence-electron chi connectivity index (χ4n) is 2.80. The molecule has 0 atom stereocenters. The van der Waals surface area contributed by atoms with E-state index in [1.807, 2.05) is 17.0 Å². The zero-order valence-electron chi connectivity index (χ0n) is 13.9. The zero-order chi connectivity index (χ0) is 18.7. The second kappa shape index (κ2) is 7.57. The largest absolute Gasteiger partial charge is 0.508 e. The predicted molar refractivity (Wildman–Crippen MR) is 101 cm³/mol. The normalized spacial score (nSPS) is 14.2. The topological polar surface area (TPSA) is 76.0 Å². The van der Waals surface area contributed by atoms with Crippen LogP contribution in [0.5, 0.6) is 5.75 Å². The smallest absolute Gasteiger partial charge is 0.338 e. The van der Waals surface area contributed by atoms with Gasteiger partial charge in [0.1, 0.15) is 11.6 Å². The fourth-order valence-corrected chi connectivity index (χ4v) is 3.10. The first-order valence-corrected chi connectivity index (χ1v) is 8.47. The SMILES string of the molecule is O=C(O)c1cc(NC(=S)N2CCN(c3ccc(O)cc3)CC2)ccc1F. The molecule has 1 aliphatic heterocycles. The van der Waals surface area contributed by atoms with Crippen LogP contribution in [0.2, 0.25) is 0 Å². The number of halogens is 1. The van der Waals surface area contributed by atoms with Crippen molar-refractivity contribution in [3.63, 3.8) is 0 Å². The second-order valence-electron chi connectivity index (χ2n) is 5.92. The number of carbonyl (C=O) groups is 1. The lowest BCUT2D eigenvalue weighted by Crippen LogP contribution is -2.50. The maximum atomic E-state index is 13.5. The number of hydrogen-bond donors (Lipinski definition) is 3. The van der Waals surface area contributed by atoms with Crippen molar-refractivity contribution in [3.05, 3.63) is 53.8 Å². The summed E-state index contributed by atoms with van der Waals surface area (Å²) >= 11 is 5.39. The van der Waals surface area contributed by atoms with E-state index < -0.39 is 17.3 Å². The molecule has 0 aromatic heterocycles. The summed E-state index contributed by atoms with van der Waals surface area (Å²) in [6, 6.07) is 10.8. The van der Waals surface area contributed by atoms with Gasteiger partial charge in [0.25, 0.3) is 0 Å². The van der Waals surface area contributed by atoms with E-state index in [4.69, 9.17) is 17.3 Å². The Bertz CT molecular complexity index is 821. The third-order valence-electron chi connectivity index (χ3n) is 4.23. The third-order valence-corrected chi connectivity index (χ3v) is 4.59. The van der Waals surface area contributed by atoms with Crippen LogP contribution in [0, 0.1) is 5.82 Å². The predicted octanol–water partition coefficient (Wildman–Crippen LogP) is 2.75. The Morgan fingerprint density at radius 1 is 1.08 bits per heavy atom. The van der Waals surface area contributed by atoms with Gasteiger partial charge in [0.15, 0.2) is 5.11 Å². The summed E-state index contributed by atoms with van der Waals surface area (Å²) in [5.74, 6) is -1.87. The van der Waals surface area contributed by atoms with Gasteiger partial charge in [-0.1, -0.05) is 0 Å². The van der Waals surface area contributed by atoms with Crippen molar-refractivity contribution in [3.8, 4) is 5.75 Å². The molecule has 0 aliphatic carbocycles. The Morgan fingerprint density at radius 2 is 1.73 bits per heavy atom. The number of benzene rings is 2. The summed E-state index contributed by atoms with van der Waals surface area (Å²) in [6.07, 6.45) is 0. The number of rotatable bonds is 3. The number of nitrogens with one attached hydrogen (secondary N) is 1. The molecule has 1 aliphatic rings. The van der Waals surface area contributed by atoms with Crippen molar-refractivity contribution in [2.24, 2.45) is 0 Å². The van der Waals surface area contributed by atoms with Crippen molar-refractivity contribution in [1.29, 1.82) is 0 Å². The monoisotopic (exact) mass is 375 g/mol. The first-order chi connectivity index (χ1) is 12.4. The first kappa shape index (κ1) is 17.9. The number of aromatic carboxylic acids is 1. The lowest BCUT2D eigenvalue weighted by atomic mass is 10.2. The van der Waals surface area contributed by atoms with E-state index in [-0.39, 0.29) is 5.75 Å². The van der Waals surface area contributed by atoms with Crippen molar-refractivity contribution in [2.75, 3.05) is 36.4 Å². The molecule has 0 unspecified atom stereocenters. The maximum Gasteiger partial charge on any atom is 0.338 e. The van der Waals surface area contributed by atoms with E-state index in [1.54, 1.807) is 12.1 Å². The van der Waals surface area contributed by atoms with Gasteiger partial charge in [-0.3, -0.25) is 0 Å². The summed E-state index contributed by atoms with van der Waals surface area (Å²) in [5.41, 5.74) is 1.08. The number of piperazine rings is 1. The summed E-state index contributed by atoms with van der Waals surface area (Å²) < 4.78 is 13.5. The zero-order valence-corrected chi connectivity index (χ0v) is 14.7. The van der Waals surface area contributed by atoms with E-state index in [9.17, 15) is 14.3 Å². The van der Waals surface area contributed by atoms with Crippen LogP contribution in [-0.4, -0.2) is 52.4 Å². The molecule has 2 aromatic carbocycles. The molecule has 2 aromatic rings. The third kappa shape index (κ3) is 4.02. The van der Waals surface area contributed by atoms with Crippen LogP contribution in [-0.2, 0) is 0 Å². The quantitative estimate of drug-likeness (QED) is 0.712. The molecule has 0 saturated carbocycles. The van der Waals surface area contributed by atoms with Crippen LogP contribution in [0.4, 0.5) is 15.8 Å².